The van der Waals surface area contributed by atoms with Gasteiger partial charge >= 0.3 is 0 Å². The van der Waals surface area contributed by atoms with Crippen LogP contribution in [0.25, 0.3) is 10.9 Å². The van der Waals surface area contributed by atoms with Gasteiger partial charge in [0.1, 0.15) is 12.0 Å². The number of benzene rings is 1. The van der Waals surface area contributed by atoms with Gasteiger partial charge in [-0.05, 0) is 63.4 Å². The van der Waals surface area contributed by atoms with Crippen molar-refractivity contribution in [1.29, 1.82) is 0 Å². The topological polar surface area (TPSA) is 51.5 Å². The Morgan fingerprint density at radius 3 is 2.65 bits per heavy atom. The molecule has 0 saturated carbocycles. The van der Waals surface area contributed by atoms with Crippen LogP contribution in [0.3, 0.4) is 0 Å². The highest BCUT2D eigenvalue weighted by atomic mass is 16.5. The van der Waals surface area contributed by atoms with Gasteiger partial charge in [-0.1, -0.05) is 0 Å². The third-order valence-electron chi connectivity index (χ3n) is 5.63. The van der Waals surface area contributed by atoms with E-state index >= 15 is 0 Å². The molecule has 1 aromatic heterocycles. The lowest BCUT2D eigenvalue weighted by atomic mass is 9.75. The third kappa shape index (κ3) is 3.70. The predicted molar refractivity (Wildman–Crippen MR) is 104 cm³/mol. The molecule has 1 aliphatic heterocycles. The summed E-state index contributed by atoms with van der Waals surface area (Å²) >= 11 is 0. The van der Waals surface area contributed by atoms with Gasteiger partial charge in [0.15, 0.2) is 7.98 Å². The van der Waals surface area contributed by atoms with Crippen LogP contribution in [-0.2, 0) is 11.3 Å². The van der Waals surface area contributed by atoms with Crippen molar-refractivity contribution in [2.45, 2.75) is 39.2 Å². The number of hydrogen-bond acceptors (Lipinski definition) is 4. The summed E-state index contributed by atoms with van der Waals surface area (Å²) in [6, 6.07) is 7.48. The van der Waals surface area contributed by atoms with E-state index in [2.05, 4.69) is 0 Å². The van der Waals surface area contributed by atoms with Crippen LogP contribution in [0.4, 0.5) is 0 Å². The van der Waals surface area contributed by atoms with Gasteiger partial charge in [0.25, 0.3) is 5.56 Å². The predicted octanol–water partition coefficient (Wildman–Crippen LogP) is 2.46. The second kappa shape index (κ2) is 7.66. The molecule has 2 radical (unpaired) electrons. The minimum atomic E-state index is -0.308. The molecule has 0 bridgehead atoms. The molecule has 1 aromatic carbocycles. The number of pyridine rings is 1. The second-order valence-corrected chi connectivity index (χ2v) is 7.32. The number of aromatic nitrogens is 1. The number of hydrogen-bond donors (Lipinski definition) is 0. The van der Waals surface area contributed by atoms with E-state index in [0.29, 0.717) is 6.54 Å². The van der Waals surface area contributed by atoms with Crippen LogP contribution in [0.15, 0.2) is 29.1 Å². The van der Waals surface area contributed by atoms with E-state index in [9.17, 15) is 9.59 Å². The van der Waals surface area contributed by atoms with E-state index in [1.165, 1.54) is 0 Å². The molecule has 2 heterocycles. The minimum absolute atomic E-state index is 0.0137. The number of nitrogens with zero attached hydrogens (tertiary/aromatic N) is 2. The molecule has 0 atom stereocenters. The van der Waals surface area contributed by atoms with Crippen molar-refractivity contribution >= 4 is 25.2 Å². The zero-order valence-electron chi connectivity index (χ0n) is 15.5. The van der Waals surface area contributed by atoms with Crippen LogP contribution < -0.4 is 10.3 Å². The van der Waals surface area contributed by atoms with Gasteiger partial charge in [0, 0.05) is 29.5 Å². The molecule has 2 aromatic rings. The Morgan fingerprint density at radius 1 is 1.27 bits per heavy atom. The summed E-state index contributed by atoms with van der Waals surface area (Å²) in [5.41, 5.74) is 1.52. The largest absolute Gasteiger partial charge is 0.497 e. The Kier molecular flexibility index (Phi) is 5.51. The smallest absolute Gasteiger partial charge is 0.251 e. The molecule has 1 aliphatic rings. The van der Waals surface area contributed by atoms with E-state index in [0.717, 1.165) is 67.3 Å². The average molecular weight is 352 g/mol. The lowest BCUT2D eigenvalue weighted by Crippen LogP contribution is -2.39. The molecule has 1 fully saturated rings. The van der Waals surface area contributed by atoms with Crippen LogP contribution in [0.5, 0.6) is 5.75 Å². The SMILES string of the molecule is [B]N1CCC(C=O)(CCCn2c(=O)cc(C)c3ccc(OC)cc32)CC1. The van der Waals surface area contributed by atoms with E-state index in [-0.39, 0.29) is 11.0 Å². The summed E-state index contributed by atoms with van der Waals surface area (Å²) in [6.45, 7) is 4.01. The Labute approximate surface area is 155 Å². The van der Waals surface area contributed by atoms with E-state index in [1.807, 2.05) is 25.1 Å². The zero-order chi connectivity index (χ0) is 18.7. The maximum Gasteiger partial charge on any atom is 0.251 e. The van der Waals surface area contributed by atoms with Gasteiger partial charge in [-0.3, -0.25) is 4.79 Å². The number of aryl methyl sites for hydroxylation is 2. The fourth-order valence-electron chi connectivity index (χ4n) is 3.87. The first kappa shape index (κ1) is 18.7. The van der Waals surface area contributed by atoms with Crippen LogP contribution in [0.2, 0.25) is 0 Å². The van der Waals surface area contributed by atoms with Crippen molar-refractivity contribution in [3.8, 4) is 5.75 Å². The van der Waals surface area contributed by atoms with Crippen LogP contribution in [0, 0.1) is 12.3 Å². The van der Waals surface area contributed by atoms with E-state index < -0.39 is 0 Å². The van der Waals surface area contributed by atoms with Gasteiger partial charge in [-0.25, -0.2) is 0 Å². The van der Waals surface area contributed by atoms with Crippen molar-refractivity contribution in [2.24, 2.45) is 5.41 Å². The molecular weight excluding hydrogens is 327 g/mol. The fraction of sp³-hybridized carbons (Fsp3) is 0.500. The molecule has 0 unspecified atom stereocenters. The third-order valence-corrected chi connectivity index (χ3v) is 5.63. The molecule has 26 heavy (non-hydrogen) atoms. The normalized spacial score (nSPS) is 17.3. The standard InChI is InChI=1S/C20H25BN2O3/c1-15-12-19(25)23(18-13-16(26-2)4-5-17(15)18)9-3-6-20(14-24)7-10-22(21)11-8-20/h4-5,12-14H,3,6-11H2,1-2H3. The Hall–Kier alpha value is -2.08. The first-order valence-corrected chi connectivity index (χ1v) is 9.12. The van der Waals surface area contributed by atoms with Crippen molar-refractivity contribution in [3.05, 3.63) is 40.2 Å². The Balaban J connectivity index is 1.82. The summed E-state index contributed by atoms with van der Waals surface area (Å²) in [6.07, 6.45) is 4.21. The summed E-state index contributed by atoms with van der Waals surface area (Å²) in [4.78, 5) is 26.0. The van der Waals surface area contributed by atoms with Crippen molar-refractivity contribution in [1.82, 2.24) is 9.38 Å². The first-order valence-electron chi connectivity index (χ1n) is 9.12. The van der Waals surface area contributed by atoms with E-state index in [1.54, 1.807) is 22.6 Å². The van der Waals surface area contributed by atoms with Gasteiger partial charge in [0.2, 0.25) is 0 Å². The highest BCUT2D eigenvalue weighted by Crippen LogP contribution is 2.34. The Bertz CT molecular complexity index is 854. The molecular formula is C20H25BN2O3. The molecule has 1 saturated heterocycles. The maximum absolute atomic E-state index is 12.6. The van der Waals surface area contributed by atoms with Gasteiger partial charge in [-0.15, -0.1) is 0 Å². The number of piperidine rings is 1. The summed E-state index contributed by atoms with van der Waals surface area (Å²) < 4.78 is 7.12. The molecule has 0 N–H and O–H groups in total. The van der Waals surface area contributed by atoms with Crippen molar-refractivity contribution in [3.63, 3.8) is 0 Å². The number of carbonyl (C=O) groups excluding carboxylic acids is 1. The van der Waals surface area contributed by atoms with Gasteiger partial charge in [-0.2, -0.15) is 0 Å². The second-order valence-electron chi connectivity index (χ2n) is 7.32. The molecule has 6 heteroatoms. The van der Waals surface area contributed by atoms with Crippen LogP contribution in [-0.4, -0.2) is 43.8 Å². The lowest BCUT2D eigenvalue weighted by molar-refractivity contribution is -0.118. The zero-order valence-corrected chi connectivity index (χ0v) is 15.5. The number of ether oxygens (including phenoxy) is 1. The summed E-state index contributed by atoms with van der Waals surface area (Å²) in [5, 5.41) is 1.05. The number of fused-ring (bicyclic) bond motifs is 1. The van der Waals surface area contributed by atoms with Crippen LogP contribution in [0.1, 0.15) is 31.2 Å². The van der Waals surface area contributed by atoms with E-state index in [4.69, 9.17) is 12.7 Å². The summed E-state index contributed by atoms with van der Waals surface area (Å²) in [5.74, 6) is 0.732. The maximum atomic E-state index is 12.6. The van der Waals surface area contributed by atoms with Crippen molar-refractivity contribution < 1.29 is 9.53 Å². The number of rotatable bonds is 6. The molecule has 136 valence electrons. The average Bonchev–Trinajstić information content (AvgIpc) is 2.65. The molecule has 0 aliphatic carbocycles. The van der Waals surface area contributed by atoms with Gasteiger partial charge < -0.3 is 18.9 Å². The van der Waals surface area contributed by atoms with Crippen molar-refractivity contribution in [2.75, 3.05) is 20.2 Å². The monoisotopic (exact) mass is 352 g/mol. The first-order chi connectivity index (χ1) is 12.5. The molecule has 0 spiro atoms. The highest BCUT2D eigenvalue weighted by Gasteiger charge is 2.32. The number of carbonyl (C=O) groups is 1. The molecule has 3 rings (SSSR count). The van der Waals surface area contributed by atoms with Crippen LogP contribution >= 0.6 is 0 Å². The molecule has 5 nitrogen and oxygen atoms in total. The number of aldehydes is 1. The Morgan fingerprint density at radius 2 is 2.00 bits per heavy atom. The lowest BCUT2D eigenvalue weighted by Gasteiger charge is -2.37. The molecule has 0 amide bonds. The number of methoxy groups -OCH3 is 1. The minimum Gasteiger partial charge on any atom is -0.497 e. The summed E-state index contributed by atoms with van der Waals surface area (Å²) in [7, 11) is 7.44. The highest BCUT2D eigenvalue weighted by molar-refractivity contribution is 6.04. The quantitative estimate of drug-likeness (QED) is 0.592. The van der Waals surface area contributed by atoms with Gasteiger partial charge in [0.05, 0.1) is 12.6 Å². The fourth-order valence-corrected chi connectivity index (χ4v) is 3.87.